The van der Waals surface area contributed by atoms with Crippen LogP contribution in [0.15, 0.2) is 12.4 Å². The summed E-state index contributed by atoms with van der Waals surface area (Å²) in [5.74, 6) is 2.17. The van der Waals surface area contributed by atoms with E-state index in [4.69, 9.17) is 0 Å². The Morgan fingerprint density at radius 1 is 1.31 bits per heavy atom. The Morgan fingerprint density at radius 3 is 2.50 bits per heavy atom. The number of rotatable bonds is 7. The van der Waals surface area contributed by atoms with E-state index >= 15 is 0 Å². The van der Waals surface area contributed by atoms with Gasteiger partial charge in [-0.25, -0.2) is 4.98 Å². The summed E-state index contributed by atoms with van der Waals surface area (Å²) in [5, 5.41) is 0. The van der Waals surface area contributed by atoms with Gasteiger partial charge < -0.3 is 4.57 Å². The molecule has 0 spiro atoms. The average molecular weight is 240 g/mol. The minimum absolute atomic E-state index is 0.326. The van der Waals surface area contributed by atoms with Gasteiger partial charge in [0.25, 0.3) is 0 Å². The Morgan fingerprint density at radius 2 is 2.00 bits per heavy atom. The SMILES string of the molecule is CCCc1nccn1CC(CC)(CC)CS. The maximum absolute atomic E-state index is 4.53. The minimum Gasteiger partial charge on any atom is -0.334 e. The molecular weight excluding hydrogens is 216 g/mol. The Labute approximate surface area is 105 Å². The first-order chi connectivity index (χ1) is 7.71. The molecule has 0 N–H and O–H groups in total. The van der Waals surface area contributed by atoms with Crippen LogP contribution < -0.4 is 0 Å². The second-order valence-corrected chi connectivity index (χ2v) is 4.90. The van der Waals surface area contributed by atoms with E-state index in [0.29, 0.717) is 5.41 Å². The van der Waals surface area contributed by atoms with Gasteiger partial charge in [0.15, 0.2) is 0 Å². The van der Waals surface area contributed by atoms with E-state index in [1.54, 1.807) is 0 Å². The number of imidazole rings is 1. The molecule has 0 bridgehead atoms. The largest absolute Gasteiger partial charge is 0.334 e. The Hall–Kier alpha value is -0.440. The van der Waals surface area contributed by atoms with Crippen LogP contribution in [0.1, 0.15) is 45.9 Å². The number of aryl methyl sites for hydroxylation is 1. The number of hydrogen-bond acceptors (Lipinski definition) is 2. The van der Waals surface area contributed by atoms with Crippen molar-refractivity contribution in [3.8, 4) is 0 Å². The van der Waals surface area contributed by atoms with E-state index in [2.05, 4.69) is 49.1 Å². The lowest BCUT2D eigenvalue weighted by molar-refractivity contribution is 0.255. The van der Waals surface area contributed by atoms with Crippen molar-refractivity contribution >= 4 is 12.6 Å². The molecule has 0 atom stereocenters. The molecule has 2 nitrogen and oxygen atoms in total. The van der Waals surface area contributed by atoms with Crippen molar-refractivity contribution < 1.29 is 0 Å². The van der Waals surface area contributed by atoms with E-state index < -0.39 is 0 Å². The van der Waals surface area contributed by atoms with E-state index in [1.165, 1.54) is 18.7 Å². The summed E-state index contributed by atoms with van der Waals surface area (Å²) in [4.78, 5) is 4.43. The first kappa shape index (κ1) is 13.6. The van der Waals surface area contributed by atoms with Crippen LogP contribution in [0.3, 0.4) is 0 Å². The van der Waals surface area contributed by atoms with Gasteiger partial charge in [0.05, 0.1) is 0 Å². The van der Waals surface area contributed by atoms with Gasteiger partial charge in [0.1, 0.15) is 5.82 Å². The first-order valence-corrected chi connectivity index (χ1v) is 6.95. The standard InChI is InChI=1S/C13H24N2S/c1-4-7-12-14-8-9-15(12)10-13(5-2,6-3)11-16/h8-9,16H,4-7,10-11H2,1-3H3. The summed E-state index contributed by atoms with van der Waals surface area (Å²) >= 11 is 4.53. The number of aromatic nitrogens is 2. The molecule has 0 saturated heterocycles. The second-order valence-electron chi connectivity index (χ2n) is 4.59. The fourth-order valence-electron chi connectivity index (χ4n) is 2.04. The average Bonchev–Trinajstić information content (AvgIpc) is 2.74. The molecule has 16 heavy (non-hydrogen) atoms. The highest BCUT2D eigenvalue weighted by Gasteiger charge is 2.25. The van der Waals surface area contributed by atoms with Crippen LogP contribution in [0.4, 0.5) is 0 Å². The van der Waals surface area contributed by atoms with Gasteiger partial charge in [-0.1, -0.05) is 20.8 Å². The lowest BCUT2D eigenvalue weighted by Gasteiger charge is -2.30. The molecule has 0 aliphatic carbocycles. The zero-order chi connectivity index (χ0) is 12.0. The monoisotopic (exact) mass is 240 g/mol. The van der Waals surface area contributed by atoms with Crippen LogP contribution in [-0.2, 0) is 13.0 Å². The molecular formula is C13H24N2S. The van der Waals surface area contributed by atoms with Crippen molar-refractivity contribution in [1.82, 2.24) is 9.55 Å². The Kier molecular flexibility index (Phi) is 5.39. The lowest BCUT2D eigenvalue weighted by Crippen LogP contribution is -2.28. The molecule has 0 radical (unpaired) electrons. The maximum Gasteiger partial charge on any atom is 0.108 e. The fraction of sp³-hybridized carbons (Fsp3) is 0.769. The van der Waals surface area contributed by atoms with E-state index in [9.17, 15) is 0 Å². The van der Waals surface area contributed by atoms with Crippen LogP contribution in [0.2, 0.25) is 0 Å². The molecule has 0 aliphatic heterocycles. The van der Waals surface area contributed by atoms with Gasteiger partial charge in [-0.2, -0.15) is 12.6 Å². The summed E-state index contributed by atoms with van der Waals surface area (Å²) in [6, 6.07) is 0. The molecule has 3 heteroatoms. The summed E-state index contributed by atoms with van der Waals surface area (Å²) in [6.07, 6.45) is 8.60. The second kappa shape index (κ2) is 6.33. The van der Waals surface area contributed by atoms with E-state index in [0.717, 1.165) is 25.1 Å². The van der Waals surface area contributed by atoms with Crippen molar-refractivity contribution in [3.05, 3.63) is 18.2 Å². The fourth-order valence-corrected chi connectivity index (χ4v) is 2.59. The van der Waals surface area contributed by atoms with Crippen LogP contribution >= 0.6 is 12.6 Å². The zero-order valence-electron chi connectivity index (χ0n) is 10.7. The van der Waals surface area contributed by atoms with Gasteiger partial charge in [-0.15, -0.1) is 0 Å². The molecule has 0 aliphatic rings. The molecule has 0 saturated carbocycles. The molecule has 1 aromatic rings. The van der Waals surface area contributed by atoms with E-state index in [-0.39, 0.29) is 0 Å². The third-order valence-corrected chi connectivity index (χ3v) is 4.29. The summed E-state index contributed by atoms with van der Waals surface area (Å²) in [6.45, 7) is 7.77. The summed E-state index contributed by atoms with van der Waals surface area (Å²) in [5.41, 5.74) is 0.326. The topological polar surface area (TPSA) is 17.8 Å². The van der Waals surface area contributed by atoms with Crippen molar-refractivity contribution in [2.75, 3.05) is 5.75 Å². The van der Waals surface area contributed by atoms with Crippen LogP contribution in [0.5, 0.6) is 0 Å². The quantitative estimate of drug-likeness (QED) is 0.721. The molecule has 0 unspecified atom stereocenters. The van der Waals surface area contributed by atoms with Gasteiger partial charge in [-0.05, 0) is 30.4 Å². The number of nitrogens with zero attached hydrogens (tertiary/aromatic N) is 2. The lowest BCUT2D eigenvalue weighted by atomic mass is 9.84. The molecule has 0 aromatic carbocycles. The summed E-state index contributed by atoms with van der Waals surface area (Å²) in [7, 11) is 0. The highest BCUT2D eigenvalue weighted by Crippen LogP contribution is 2.30. The minimum atomic E-state index is 0.326. The van der Waals surface area contributed by atoms with Crippen molar-refractivity contribution in [1.29, 1.82) is 0 Å². The molecule has 1 rings (SSSR count). The first-order valence-electron chi connectivity index (χ1n) is 6.32. The molecule has 92 valence electrons. The highest BCUT2D eigenvalue weighted by atomic mass is 32.1. The van der Waals surface area contributed by atoms with Gasteiger partial charge in [-0.3, -0.25) is 0 Å². The van der Waals surface area contributed by atoms with Crippen molar-refractivity contribution in [2.24, 2.45) is 5.41 Å². The smallest absolute Gasteiger partial charge is 0.108 e. The van der Waals surface area contributed by atoms with Crippen LogP contribution in [0.25, 0.3) is 0 Å². The molecule has 1 heterocycles. The van der Waals surface area contributed by atoms with E-state index in [1.807, 2.05) is 6.20 Å². The third-order valence-electron chi connectivity index (χ3n) is 3.62. The van der Waals surface area contributed by atoms with Gasteiger partial charge >= 0.3 is 0 Å². The predicted octanol–water partition coefficient (Wildman–Crippen LogP) is 3.57. The normalized spacial score (nSPS) is 12.0. The molecule has 0 amide bonds. The van der Waals surface area contributed by atoms with Gasteiger partial charge in [0, 0.05) is 25.4 Å². The van der Waals surface area contributed by atoms with Gasteiger partial charge in [0.2, 0.25) is 0 Å². The molecule has 1 aromatic heterocycles. The Bertz CT molecular complexity index is 294. The zero-order valence-corrected chi connectivity index (χ0v) is 11.6. The Balaban J connectivity index is 2.80. The van der Waals surface area contributed by atoms with Crippen LogP contribution in [-0.4, -0.2) is 15.3 Å². The van der Waals surface area contributed by atoms with Crippen molar-refractivity contribution in [3.63, 3.8) is 0 Å². The summed E-state index contributed by atoms with van der Waals surface area (Å²) < 4.78 is 2.31. The third kappa shape index (κ3) is 3.03. The number of thiol groups is 1. The number of hydrogen-bond donors (Lipinski definition) is 1. The van der Waals surface area contributed by atoms with Crippen LogP contribution in [0, 0.1) is 5.41 Å². The molecule has 0 fully saturated rings. The van der Waals surface area contributed by atoms with Crippen molar-refractivity contribution in [2.45, 2.75) is 53.0 Å². The highest BCUT2D eigenvalue weighted by molar-refractivity contribution is 7.80. The predicted molar refractivity (Wildman–Crippen MR) is 73.1 cm³/mol. The maximum atomic E-state index is 4.53.